The minimum atomic E-state index is -0.301. The van der Waals surface area contributed by atoms with Crippen molar-refractivity contribution in [2.45, 2.75) is 39.0 Å². The molecule has 1 saturated heterocycles. The molecule has 1 heterocycles. The zero-order valence-corrected chi connectivity index (χ0v) is 11.1. The van der Waals surface area contributed by atoms with Crippen molar-refractivity contribution >= 4 is 11.8 Å². The van der Waals surface area contributed by atoms with Gasteiger partial charge in [0.1, 0.15) is 0 Å². The van der Waals surface area contributed by atoms with E-state index in [9.17, 15) is 9.59 Å². The van der Waals surface area contributed by atoms with E-state index in [0.717, 1.165) is 32.6 Å². The lowest BCUT2D eigenvalue weighted by Gasteiger charge is -2.22. The second-order valence-corrected chi connectivity index (χ2v) is 5.17. The molecule has 3 N–H and O–H groups in total. The Morgan fingerprint density at radius 3 is 2.67 bits per heavy atom. The van der Waals surface area contributed by atoms with Gasteiger partial charge in [0.15, 0.2) is 0 Å². The second-order valence-electron chi connectivity index (χ2n) is 5.17. The Hall–Kier alpha value is -1.10. The maximum Gasteiger partial charge on any atom is 0.220 e. The zero-order valence-electron chi connectivity index (χ0n) is 11.1. The van der Waals surface area contributed by atoms with Crippen LogP contribution in [0, 0.1) is 11.8 Å². The average Bonchev–Trinajstić information content (AvgIpc) is 2.34. The summed E-state index contributed by atoms with van der Waals surface area (Å²) in [7, 11) is 0. The van der Waals surface area contributed by atoms with E-state index < -0.39 is 0 Å². The molecule has 0 bridgehead atoms. The van der Waals surface area contributed by atoms with E-state index in [2.05, 4.69) is 5.32 Å². The molecule has 5 heteroatoms. The van der Waals surface area contributed by atoms with Gasteiger partial charge in [-0.3, -0.25) is 9.59 Å². The predicted molar refractivity (Wildman–Crippen MR) is 68.8 cm³/mol. The van der Waals surface area contributed by atoms with Crippen LogP contribution in [0.5, 0.6) is 0 Å². The highest BCUT2D eigenvalue weighted by molar-refractivity contribution is 5.76. The van der Waals surface area contributed by atoms with Crippen molar-refractivity contribution in [1.29, 1.82) is 0 Å². The second kappa shape index (κ2) is 8.08. The minimum Gasteiger partial charge on any atom is -0.381 e. The van der Waals surface area contributed by atoms with E-state index in [-0.39, 0.29) is 17.7 Å². The third-order valence-electron chi connectivity index (χ3n) is 3.34. The van der Waals surface area contributed by atoms with E-state index >= 15 is 0 Å². The third-order valence-corrected chi connectivity index (χ3v) is 3.34. The lowest BCUT2D eigenvalue weighted by atomic mass is 9.99. The summed E-state index contributed by atoms with van der Waals surface area (Å²) in [6.07, 6.45) is 3.59. The van der Waals surface area contributed by atoms with Gasteiger partial charge < -0.3 is 15.8 Å². The Labute approximate surface area is 108 Å². The number of hydrogen-bond donors (Lipinski definition) is 2. The van der Waals surface area contributed by atoms with E-state index in [0.29, 0.717) is 25.2 Å². The molecule has 2 amide bonds. The molecule has 0 aromatic carbocycles. The van der Waals surface area contributed by atoms with Gasteiger partial charge in [-0.1, -0.05) is 6.92 Å². The molecular weight excluding hydrogens is 232 g/mol. The summed E-state index contributed by atoms with van der Waals surface area (Å²) in [5.74, 6) is 0.491. The van der Waals surface area contributed by atoms with Crippen LogP contribution >= 0.6 is 0 Å². The van der Waals surface area contributed by atoms with Crippen molar-refractivity contribution in [1.82, 2.24) is 5.32 Å². The maximum absolute atomic E-state index is 11.6. The molecule has 0 saturated carbocycles. The highest BCUT2D eigenvalue weighted by atomic mass is 16.5. The highest BCUT2D eigenvalue weighted by Gasteiger charge is 2.15. The van der Waals surface area contributed by atoms with Crippen LogP contribution in [0.1, 0.15) is 39.0 Å². The number of primary amides is 1. The summed E-state index contributed by atoms with van der Waals surface area (Å²) in [6.45, 7) is 4.29. The minimum absolute atomic E-state index is 0.0674. The number of nitrogens with two attached hydrogens (primary N) is 1. The summed E-state index contributed by atoms with van der Waals surface area (Å²) in [5, 5.41) is 2.95. The highest BCUT2D eigenvalue weighted by Crippen LogP contribution is 2.14. The third kappa shape index (κ3) is 6.59. The standard InChI is InChI=1S/C13H24N2O3/c1-10(8-12(14)16)2-3-13(17)15-9-11-4-6-18-7-5-11/h10-11H,2-9H2,1H3,(H2,14,16)(H,15,17)/t10-/m1/s1. The lowest BCUT2D eigenvalue weighted by Crippen LogP contribution is -2.32. The van der Waals surface area contributed by atoms with Crippen molar-refractivity contribution in [2.75, 3.05) is 19.8 Å². The molecule has 18 heavy (non-hydrogen) atoms. The van der Waals surface area contributed by atoms with E-state index in [1.807, 2.05) is 6.92 Å². The molecule has 0 aliphatic carbocycles. The van der Waals surface area contributed by atoms with Gasteiger partial charge in [0.25, 0.3) is 0 Å². The fraction of sp³-hybridized carbons (Fsp3) is 0.846. The van der Waals surface area contributed by atoms with Gasteiger partial charge in [0.05, 0.1) is 0 Å². The van der Waals surface area contributed by atoms with Crippen LogP contribution < -0.4 is 11.1 Å². The van der Waals surface area contributed by atoms with Crippen LogP contribution in [0.3, 0.4) is 0 Å². The summed E-state index contributed by atoms with van der Waals surface area (Å²) < 4.78 is 5.27. The molecule has 1 rings (SSSR count). The van der Waals surface area contributed by atoms with Crippen LogP contribution in [-0.2, 0) is 14.3 Å². The number of nitrogens with one attached hydrogen (secondary N) is 1. The molecule has 1 aliphatic heterocycles. The van der Waals surface area contributed by atoms with Gasteiger partial charge in [-0.15, -0.1) is 0 Å². The van der Waals surface area contributed by atoms with E-state index in [1.165, 1.54) is 0 Å². The van der Waals surface area contributed by atoms with E-state index in [4.69, 9.17) is 10.5 Å². The fourth-order valence-corrected chi connectivity index (χ4v) is 2.12. The van der Waals surface area contributed by atoms with Crippen LogP contribution in [0.2, 0.25) is 0 Å². The van der Waals surface area contributed by atoms with Gasteiger partial charge in [-0.25, -0.2) is 0 Å². The van der Waals surface area contributed by atoms with Gasteiger partial charge in [0, 0.05) is 32.6 Å². The van der Waals surface area contributed by atoms with Crippen LogP contribution in [0.25, 0.3) is 0 Å². The predicted octanol–water partition coefficient (Wildman–Crippen LogP) is 0.821. The van der Waals surface area contributed by atoms with Crippen molar-refractivity contribution < 1.29 is 14.3 Å². The molecule has 104 valence electrons. The van der Waals surface area contributed by atoms with Crippen molar-refractivity contribution in [2.24, 2.45) is 17.6 Å². The number of rotatable bonds is 7. The smallest absolute Gasteiger partial charge is 0.220 e. The largest absolute Gasteiger partial charge is 0.381 e. The van der Waals surface area contributed by atoms with Gasteiger partial charge in [0.2, 0.25) is 11.8 Å². The Morgan fingerprint density at radius 2 is 2.06 bits per heavy atom. The Bertz CT molecular complexity index is 275. The zero-order chi connectivity index (χ0) is 13.4. The molecule has 5 nitrogen and oxygen atoms in total. The first-order chi connectivity index (χ1) is 8.58. The number of hydrogen-bond acceptors (Lipinski definition) is 3. The van der Waals surface area contributed by atoms with Crippen molar-refractivity contribution in [3.8, 4) is 0 Å². The molecule has 0 aromatic heterocycles. The summed E-state index contributed by atoms with van der Waals surface area (Å²) in [6, 6.07) is 0. The first-order valence-corrected chi connectivity index (χ1v) is 6.70. The Morgan fingerprint density at radius 1 is 1.39 bits per heavy atom. The SMILES string of the molecule is C[C@H](CCC(=O)NCC1CCOCC1)CC(N)=O. The lowest BCUT2D eigenvalue weighted by molar-refractivity contribution is -0.122. The number of ether oxygens (including phenoxy) is 1. The Balaban J connectivity index is 2.07. The monoisotopic (exact) mass is 256 g/mol. The Kier molecular flexibility index (Phi) is 6.72. The summed E-state index contributed by atoms with van der Waals surface area (Å²) in [4.78, 5) is 22.3. The van der Waals surface area contributed by atoms with Gasteiger partial charge in [-0.2, -0.15) is 0 Å². The fourth-order valence-electron chi connectivity index (χ4n) is 2.12. The molecular formula is C13H24N2O3. The average molecular weight is 256 g/mol. The van der Waals surface area contributed by atoms with Gasteiger partial charge >= 0.3 is 0 Å². The maximum atomic E-state index is 11.6. The molecule has 0 spiro atoms. The molecule has 1 fully saturated rings. The molecule has 1 aliphatic rings. The number of carbonyl (C=O) groups is 2. The van der Waals surface area contributed by atoms with Crippen molar-refractivity contribution in [3.63, 3.8) is 0 Å². The molecule has 0 radical (unpaired) electrons. The number of carbonyl (C=O) groups excluding carboxylic acids is 2. The summed E-state index contributed by atoms with van der Waals surface area (Å²) >= 11 is 0. The quantitative estimate of drug-likeness (QED) is 0.707. The number of amides is 2. The molecule has 0 aromatic rings. The van der Waals surface area contributed by atoms with Crippen LogP contribution in [0.4, 0.5) is 0 Å². The summed E-state index contributed by atoms with van der Waals surface area (Å²) in [5.41, 5.74) is 5.10. The first-order valence-electron chi connectivity index (χ1n) is 6.70. The van der Waals surface area contributed by atoms with Crippen LogP contribution in [-0.4, -0.2) is 31.6 Å². The van der Waals surface area contributed by atoms with Crippen molar-refractivity contribution in [3.05, 3.63) is 0 Å². The van der Waals surface area contributed by atoms with Gasteiger partial charge in [-0.05, 0) is 31.1 Å². The normalized spacial score (nSPS) is 18.3. The van der Waals surface area contributed by atoms with Crippen LogP contribution in [0.15, 0.2) is 0 Å². The van der Waals surface area contributed by atoms with E-state index in [1.54, 1.807) is 0 Å². The molecule has 1 atom stereocenters. The molecule has 0 unspecified atom stereocenters. The topological polar surface area (TPSA) is 81.4 Å². The first kappa shape index (κ1) is 15.0.